The molecule has 0 bridgehead atoms. The van der Waals surface area contributed by atoms with Crippen molar-refractivity contribution in [2.45, 2.75) is 0 Å². The summed E-state index contributed by atoms with van der Waals surface area (Å²) in [6, 6.07) is 0. The Bertz CT molecular complexity index is 415. The summed E-state index contributed by atoms with van der Waals surface area (Å²) in [6.07, 6.45) is 6.57. The van der Waals surface area contributed by atoms with Crippen molar-refractivity contribution in [3.8, 4) is 12.4 Å². The highest BCUT2D eigenvalue weighted by Crippen LogP contribution is 2.25. The van der Waals surface area contributed by atoms with E-state index in [1.807, 2.05) is 0 Å². The van der Waals surface area contributed by atoms with Gasteiger partial charge in [0.25, 0.3) is 0 Å². The van der Waals surface area contributed by atoms with Gasteiger partial charge in [0.2, 0.25) is 12.4 Å². The molecule has 14 heavy (non-hydrogen) atoms. The summed E-state index contributed by atoms with van der Waals surface area (Å²) < 4.78 is 1.21. The minimum atomic E-state index is 0.497. The van der Waals surface area contributed by atoms with E-state index in [0.717, 1.165) is 0 Å². The third-order valence-electron chi connectivity index (χ3n) is 1.38. The molecule has 0 fully saturated rings. The van der Waals surface area contributed by atoms with Gasteiger partial charge in [-0.05, 0) is 44.0 Å². The summed E-state index contributed by atoms with van der Waals surface area (Å²) in [4.78, 5) is 7.14. The predicted molar refractivity (Wildman–Crippen MR) is 60.1 cm³/mol. The molecule has 1 rings (SSSR count). The summed E-state index contributed by atoms with van der Waals surface area (Å²) in [5, 5.41) is 16.8. The molecule has 0 N–H and O–H groups in total. The molecule has 0 aromatic heterocycles. The maximum absolute atomic E-state index is 8.38. The van der Waals surface area contributed by atoms with Crippen LogP contribution in [0.4, 0.5) is 0 Å². The monoisotopic (exact) mass is 312 g/mol. The largest absolute Gasteiger partial charge is 0.206 e. The molecule has 6 heteroatoms. The normalized spacial score (nSPS) is 21.1. The first-order valence-electron chi connectivity index (χ1n) is 3.38. The molecule has 0 atom stereocenters. The second-order valence-electron chi connectivity index (χ2n) is 2.16. The lowest BCUT2D eigenvalue weighted by atomic mass is 10.1. The lowest BCUT2D eigenvalue weighted by Gasteiger charge is -2.07. The minimum absolute atomic E-state index is 0.497. The van der Waals surface area contributed by atoms with Gasteiger partial charge < -0.3 is 0 Å². The Morgan fingerprint density at radius 2 is 1.29 bits per heavy atom. The molecule has 0 amide bonds. The van der Waals surface area contributed by atoms with Gasteiger partial charge >= 0.3 is 0 Å². The van der Waals surface area contributed by atoms with Crippen LogP contribution in [0.15, 0.2) is 31.1 Å². The van der Waals surface area contributed by atoms with Gasteiger partial charge in [0.15, 0.2) is 0 Å². The number of aliphatic imine (C=N–C) groups is 2. The van der Waals surface area contributed by atoms with Crippen LogP contribution in [0, 0.1) is 22.9 Å². The van der Waals surface area contributed by atoms with E-state index in [0.29, 0.717) is 20.4 Å². The first kappa shape index (κ1) is 10.8. The zero-order valence-corrected chi connectivity index (χ0v) is 9.87. The Hall–Kier alpha value is -1.24. The number of hydrogen-bond acceptors (Lipinski definition) is 4. The van der Waals surface area contributed by atoms with Gasteiger partial charge in [-0.1, -0.05) is 0 Å². The van der Waals surface area contributed by atoms with Crippen molar-refractivity contribution in [2.75, 3.05) is 0 Å². The Balaban J connectivity index is 3.21. The molecule has 1 aliphatic rings. The van der Waals surface area contributed by atoms with Crippen LogP contribution in [0.2, 0.25) is 0 Å². The lowest BCUT2D eigenvalue weighted by molar-refractivity contribution is 1.43. The molecule has 0 aromatic rings. The zero-order chi connectivity index (χ0) is 10.6. The molecule has 1 aliphatic carbocycles. The molecule has 0 saturated carbocycles. The summed E-state index contributed by atoms with van der Waals surface area (Å²) in [5.74, 6) is 0. The van der Waals surface area contributed by atoms with E-state index in [4.69, 9.17) is 10.5 Å². The highest BCUT2D eigenvalue weighted by atomic mass is 79.9. The first-order valence-corrected chi connectivity index (χ1v) is 4.97. The molecular formula is C8H2Br2N4. The molecule has 0 unspecified atom stereocenters. The van der Waals surface area contributed by atoms with Gasteiger partial charge in [-0.3, -0.25) is 0 Å². The van der Waals surface area contributed by atoms with Gasteiger partial charge in [-0.2, -0.15) is 20.5 Å². The number of nitrogens with zero attached hydrogens (tertiary/aromatic N) is 4. The number of hydrogen-bond donors (Lipinski definition) is 0. The standard InChI is InChI=1S/C8H2Br2N4/c9-7-5(13-3-11)1-2-6(8(7)10)14-4-12/h1-2H. The molecule has 0 aromatic carbocycles. The van der Waals surface area contributed by atoms with Gasteiger partial charge in [0.1, 0.15) is 0 Å². The Labute approximate surface area is 97.2 Å². The third kappa shape index (κ3) is 2.16. The van der Waals surface area contributed by atoms with Crippen LogP contribution >= 0.6 is 31.9 Å². The number of nitriles is 2. The van der Waals surface area contributed by atoms with Crippen molar-refractivity contribution in [2.24, 2.45) is 9.98 Å². The van der Waals surface area contributed by atoms with E-state index < -0.39 is 0 Å². The average Bonchev–Trinajstić information content (AvgIpc) is 2.18. The Kier molecular flexibility index (Phi) is 3.75. The zero-order valence-electron chi connectivity index (χ0n) is 6.70. The van der Waals surface area contributed by atoms with Crippen LogP contribution in [0.3, 0.4) is 0 Å². The van der Waals surface area contributed by atoms with Crippen LogP contribution in [0.1, 0.15) is 0 Å². The van der Waals surface area contributed by atoms with E-state index in [9.17, 15) is 0 Å². The van der Waals surface area contributed by atoms with Crippen molar-refractivity contribution in [1.82, 2.24) is 0 Å². The maximum Gasteiger partial charge on any atom is 0.206 e. The molecule has 0 radical (unpaired) electrons. The second-order valence-corrected chi connectivity index (χ2v) is 3.74. The number of allylic oxidation sites excluding steroid dienone is 4. The quantitative estimate of drug-likeness (QED) is 0.509. The van der Waals surface area contributed by atoms with Gasteiger partial charge in [0, 0.05) is 0 Å². The van der Waals surface area contributed by atoms with E-state index >= 15 is 0 Å². The highest BCUT2D eigenvalue weighted by Gasteiger charge is 2.15. The fourth-order valence-electron chi connectivity index (χ4n) is 0.810. The first-order chi connectivity index (χ1) is 6.70. The molecule has 4 nitrogen and oxygen atoms in total. The summed E-state index contributed by atoms with van der Waals surface area (Å²) in [5.41, 5.74) is 0.993. The van der Waals surface area contributed by atoms with Crippen molar-refractivity contribution < 1.29 is 0 Å². The highest BCUT2D eigenvalue weighted by molar-refractivity contribution is 9.14. The second kappa shape index (κ2) is 4.85. The van der Waals surface area contributed by atoms with Gasteiger partial charge in [-0.25, -0.2) is 0 Å². The molecule has 0 spiro atoms. The predicted octanol–water partition coefficient (Wildman–Crippen LogP) is 2.40. The topological polar surface area (TPSA) is 72.3 Å². The van der Waals surface area contributed by atoms with Crippen molar-refractivity contribution in [1.29, 1.82) is 10.5 Å². The van der Waals surface area contributed by atoms with E-state index in [-0.39, 0.29) is 0 Å². The summed E-state index contributed by atoms with van der Waals surface area (Å²) in [7, 11) is 0. The van der Waals surface area contributed by atoms with Crippen molar-refractivity contribution >= 4 is 43.3 Å². The van der Waals surface area contributed by atoms with Crippen LogP contribution in [0.5, 0.6) is 0 Å². The van der Waals surface area contributed by atoms with Crippen LogP contribution < -0.4 is 0 Å². The van der Waals surface area contributed by atoms with Crippen LogP contribution in [0.25, 0.3) is 0 Å². The van der Waals surface area contributed by atoms with E-state index in [2.05, 4.69) is 41.8 Å². The number of halogens is 2. The van der Waals surface area contributed by atoms with E-state index in [1.54, 1.807) is 24.5 Å². The number of rotatable bonds is 0. The fourth-order valence-corrected chi connectivity index (χ4v) is 1.66. The molecule has 0 aliphatic heterocycles. The third-order valence-corrected chi connectivity index (χ3v) is 3.52. The van der Waals surface area contributed by atoms with Gasteiger partial charge in [-0.15, -0.1) is 0 Å². The maximum atomic E-state index is 8.38. The Morgan fingerprint density at radius 3 is 1.57 bits per heavy atom. The SMILES string of the molecule is N#CN=C1C=CC(=NC#N)C(Br)=C1Br. The molecule has 68 valence electrons. The fraction of sp³-hybridized carbons (Fsp3) is 0. The van der Waals surface area contributed by atoms with Gasteiger partial charge in [0.05, 0.1) is 20.4 Å². The molecule has 0 heterocycles. The van der Waals surface area contributed by atoms with Crippen molar-refractivity contribution in [3.05, 3.63) is 21.1 Å². The van der Waals surface area contributed by atoms with Crippen LogP contribution in [-0.4, -0.2) is 11.4 Å². The molecular weight excluding hydrogens is 312 g/mol. The van der Waals surface area contributed by atoms with Crippen LogP contribution in [-0.2, 0) is 0 Å². The van der Waals surface area contributed by atoms with Crippen molar-refractivity contribution in [3.63, 3.8) is 0 Å². The molecule has 0 saturated heterocycles. The Morgan fingerprint density at radius 1 is 0.929 bits per heavy atom. The average molecular weight is 314 g/mol. The summed E-state index contributed by atoms with van der Waals surface area (Å²) in [6.45, 7) is 0. The minimum Gasteiger partial charge on any atom is -0.173 e. The smallest absolute Gasteiger partial charge is 0.173 e. The van der Waals surface area contributed by atoms with E-state index in [1.165, 1.54) is 0 Å². The lowest BCUT2D eigenvalue weighted by Crippen LogP contribution is -2.07. The summed E-state index contributed by atoms with van der Waals surface area (Å²) >= 11 is 6.48.